The zero-order valence-corrected chi connectivity index (χ0v) is 37.3. The smallest absolute Gasteiger partial charge is 0.249 e. The molecule has 6 heterocycles. The van der Waals surface area contributed by atoms with Gasteiger partial charge in [-0.2, -0.15) is 10.5 Å². The van der Waals surface area contributed by atoms with Crippen molar-refractivity contribution < 1.29 is 38.3 Å². The van der Waals surface area contributed by atoms with Crippen molar-refractivity contribution in [3.05, 3.63) is 84.2 Å². The molecule has 2 aromatic carbocycles. The number of pyridine rings is 2. The quantitative estimate of drug-likeness (QED) is 0.150. The molecule has 2 aliphatic carbocycles. The van der Waals surface area contributed by atoms with Crippen LogP contribution in [0.4, 0.5) is 0 Å². The van der Waals surface area contributed by atoms with Crippen molar-refractivity contribution >= 4 is 73.8 Å². The molecule has 0 spiro atoms. The lowest BCUT2D eigenvalue weighted by Crippen LogP contribution is -2.09. The maximum absolute atomic E-state index is 13.0. The van der Waals surface area contributed by atoms with Gasteiger partial charge in [0.2, 0.25) is 11.8 Å². The highest BCUT2D eigenvalue weighted by molar-refractivity contribution is 7.91. The van der Waals surface area contributed by atoms with Crippen LogP contribution < -0.4 is 0 Å². The minimum absolute atomic E-state index is 0.00389. The van der Waals surface area contributed by atoms with E-state index < -0.39 is 51.1 Å². The number of rotatable bonds is 10. The Balaban J connectivity index is 0.000000160. The summed E-state index contributed by atoms with van der Waals surface area (Å²) in [7, 11) is -12.0. The summed E-state index contributed by atoms with van der Waals surface area (Å²) in [6, 6.07) is 20.9. The first-order chi connectivity index (χ1) is 29.9. The Morgan fingerprint density at radius 2 is 1.11 bits per heavy atom. The van der Waals surface area contributed by atoms with Crippen molar-refractivity contribution in [2.24, 2.45) is 0 Å². The molecule has 2 aliphatic rings. The van der Waals surface area contributed by atoms with Gasteiger partial charge >= 0.3 is 0 Å². The molecular weight excluding hydrogens is 889 g/mol. The van der Waals surface area contributed by atoms with Gasteiger partial charge in [-0.3, -0.25) is 13.0 Å². The Morgan fingerprint density at radius 3 is 1.51 bits per heavy atom. The Morgan fingerprint density at radius 1 is 0.667 bits per heavy atom. The monoisotopic (exact) mass is 924 g/mol. The van der Waals surface area contributed by atoms with Crippen molar-refractivity contribution in [2.45, 2.75) is 70.2 Å². The van der Waals surface area contributed by atoms with Gasteiger partial charge in [-0.1, -0.05) is 13.8 Å². The van der Waals surface area contributed by atoms with E-state index in [1.807, 2.05) is 0 Å². The van der Waals surface area contributed by atoms with Crippen molar-refractivity contribution in [2.75, 3.05) is 24.0 Å². The molecule has 2 saturated carbocycles. The standard InChI is InChI=1S/C21H18N4O5S2.C21H18N4O4S2/c1-3-32(28,29)20-18(19-23-15-11-14(31(2,26)27)4-5-16(15)30-19)24-17-10-13(6-9-25(17)20)21(12-22)7-8-21;1-3-31(27,28)20-18(19-23-15-11-14(30(2)26)4-5-16(15)29-19)24-17-10-13(6-9-25(17)20)21(12-22)7-8-21/h4-6,9-11H,3,7-8H2,1-2H3;4-6,9-11H,3,7-8H2,1-2H3. The second-order valence-electron chi connectivity index (χ2n) is 15.5. The average molecular weight is 925 g/mol. The number of nitrogens with zero attached hydrogens (tertiary/aromatic N) is 8. The van der Waals surface area contributed by atoms with Crippen molar-refractivity contribution in [1.82, 2.24) is 28.7 Å². The van der Waals surface area contributed by atoms with Gasteiger partial charge in [0.1, 0.15) is 22.3 Å². The molecule has 17 nitrogen and oxygen atoms in total. The summed E-state index contributed by atoms with van der Waals surface area (Å²) in [6.45, 7) is 3.10. The molecule has 0 bridgehead atoms. The maximum Gasteiger partial charge on any atom is 0.249 e. The summed E-state index contributed by atoms with van der Waals surface area (Å²) in [6.07, 6.45) is 8.96. The molecule has 0 saturated heterocycles. The maximum atomic E-state index is 13.0. The Hall–Kier alpha value is -6.26. The molecule has 10 rings (SSSR count). The fourth-order valence-corrected chi connectivity index (χ4v) is 10.9. The van der Waals surface area contributed by atoms with Crippen LogP contribution >= 0.6 is 0 Å². The zero-order chi connectivity index (χ0) is 44.9. The van der Waals surface area contributed by atoms with Crippen LogP contribution in [0.25, 0.3) is 56.7 Å². The Bertz CT molecular complexity index is 3690. The number of fused-ring (bicyclic) bond motifs is 4. The first kappa shape index (κ1) is 42.1. The third kappa shape index (κ3) is 7.18. The Kier molecular flexibility index (Phi) is 9.79. The van der Waals surface area contributed by atoms with Crippen LogP contribution in [0.15, 0.2) is 102 Å². The van der Waals surface area contributed by atoms with Crippen LogP contribution in [0.1, 0.15) is 50.7 Å². The molecule has 0 radical (unpaired) electrons. The minimum atomic E-state index is -3.73. The molecule has 8 aromatic rings. The topological polar surface area (TPSA) is 254 Å². The van der Waals surface area contributed by atoms with E-state index in [1.165, 1.54) is 33.9 Å². The SMILES string of the molecule is CCS(=O)(=O)c1c(-c2nc3cc(S(C)(=O)=O)ccc3o2)nc2cc(C3(C#N)CC3)ccn12.CCS(=O)(=O)c1c(-c2nc3cc(S(C)=O)ccc3o2)nc2cc(C3(C#N)CC3)ccn12. The predicted molar refractivity (Wildman–Crippen MR) is 230 cm³/mol. The van der Waals surface area contributed by atoms with Crippen molar-refractivity contribution in [3.63, 3.8) is 0 Å². The highest BCUT2D eigenvalue weighted by Gasteiger charge is 2.46. The van der Waals surface area contributed by atoms with Crippen molar-refractivity contribution in [1.29, 1.82) is 10.5 Å². The number of aromatic nitrogens is 6. The molecule has 0 aliphatic heterocycles. The van der Waals surface area contributed by atoms with E-state index in [1.54, 1.807) is 68.0 Å². The molecule has 322 valence electrons. The molecule has 63 heavy (non-hydrogen) atoms. The van der Waals surface area contributed by atoms with Crippen LogP contribution in [0.2, 0.25) is 0 Å². The van der Waals surface area contributed by atoms with Gasteiger partial charge < -0.3 is 8.83 Å². The fourth-order valence-electron chi connectivity index (χ4n) is 7.39. The molecule has 6 aromatic heterocycles. The van der Waals surface area contributed by atoms with Crippen LogP contribution in [-0.2, 0) is 51.1 Å². The molecule has 1 unspecified atom stereocenters. The van der Waals surface area contributed by atoms with E-state index >= 15 is 0 Å². The molecule has 21 heteroatoms. The third-order valence-corrected chi connectivity index (χ3v) is 16.9. The van der Waals surface area contributed by atoms with E-state index in [-0.39, 0.29) is 55.1 Å². The van der Waals surface area contributed by atoms with Crippen molar-refractivity contribution in [3.8, 4) is 35.3 Å². The summed E-state index contributed by atoms with van der Waals surface area (Å²) in [5, 5.41) is 19.0. The van der Waals surface area contributed by atoms with Gasteiger partial charge in [-0.05, 0) is 97.5 Å². The summed E-state index contributed by atoms with van der Waals surface area (Å²) >= 11 is 0. The molecular formula is C42H36N8O9S4. The number of hydrogen-bond donors (Lipinski definition) is 0. The number of hydrogen-bond acceptors (Lipinski definition) is 15. The lowest BCUT2D eigenvalue weighted by Gasteiger charge is -2.07. The second kappa shape index (κ2) is 14.7. The summed E-state index contributed by atoms with van der Waals surface area (Å²) in [5.74, 6) is -0.218. The molecule has 0 N–H and O–H groups in total. The van der Waals surface area contributed by atoms with E-state index in [4.69, 9.17) is 8.83 Å². The summed E-state index contributed by atoms with van der Waals surface area (Å²) in [5.41, 5.74) is 3.02. The normalized spacial score (nSPS) is 16.1. The van der Waals surface area contributed by atoms with Gasteiger partial charge in [0.15, 0.2) is 62.1 Å². The second-order valence-corrected chi connectivity index (χ2v) is 23.3. The van der Waals surface area contributed by atoms with Gasteiger partial charge in [0.05, 0.1) is 39.4 Å². The summed E-state index contributed by atoms with van der Waals surface area (Å²) in [4.78, 5) is 18.5. The fraction of sp³-hybridized carbons (Fsp3) is 0.286. The van der Waals surface area contributed by atoms with E-state index in [9.17, 15) is 40.0 Å². The Labute approximate surface area is 363 Å². The third-order valence-electron chi connectivity index (χ3n) is 11.4. The van der Waals surface area contributed by atoms with Gasteiger partial charge in [-0.25, -0.2) is 45.2 Å². The van der Waals surface area contributed by atoms with E-state index in [0.29, 0.717) is 32.9 Å². The highest BCUT2D eigenvalue weighted by atomic mass is 32.2. The zero-order valence-electron chi connectivity index (χ0n) is 34.1. The molecule has 2 fully saturated rings. The van der Waals surface area contributed by atoms with Crippen LogP contribution in [-0.4, -0.2) is 82.2 Å². The van der Waals surface area contributed by atoms with Crippen LogP contribution in [0, 0.1) is 22.7 Å². The molecule has 0 amide bonds. The van der Waals surface area contributed by atoms with E-state index in [2.05, 4.69) is 32.1 Å². The van der Waals surface area contributed by atoms with Gasteiger partial charge in [0, 0.05) is 40.6 Å². The predicted octanol–water partition coefficient (Wildman–Crippen LogP) is 6.12. The lowest BCUT2D eigenvalue weighted by atomic mass is 9.99. The molecule has 1 atom stereocenters. The van der Waals surface area contributed by atoms with Crippen LogP contribution in [0.5, 0.6) is 0 Å². The largest absolute Gasteiger partial charge is 0.435 e. The number of benzene rings is 2. The minimum Gasteiger partial charge on any atom is -0.435 e. The number of sulfone groups is 3. The van der Waals surface area contributed by atoms with E-state index in [0.717, 1.165) is 43.1 Å². The first-order valence-electron chi connectivity index (χ1n) is 19.5. The number of nitriles is 2. The van der Waals surface area contributed by atoms with Crippen LogP contribution in [0.3, 0.4) is 0 Å². The lowest BCUT2D eigenvalue weighted by molar-refractivity contribution is 0.587. The first-order valence-corrected chi connectivity index (χ1v) is 26.3. The summed E-state index contributed by atoms with van der Waals surface area (Å²) < 4.78 is 102. The average Bonchev–Trinajstić information content (AvgIpc) is 4.01. The van der Waals surface area contributed by atoms with Gasteiger partial charge in [-0.15, -0.1) is 0 Å². The number of oxazole rings is 2. The highest BCUT2D eigenvalue weighted by Crippen LogP contribution is 2.49. The van der Waals surface area contributed by atoms with Gasteiger partial charge in [0.25, 0.3) is 0 Å². The number of imidazole rings is 2.